The van der Waals surface area contributed by atoms with Crippen LogP contribution in [0.15, 0.2) is 18.2 Å². The van der Waals surface area contributed by atoms with Gasteiger partial charge in [0.2, 0.25) is 0 Å². The molecule has 0 bridgehead atoms. The van der Waals surface area contributed by atoms with Crippen molar-refractivity contribution >= 4 is 5.91 Å². The Morgan fingerprint density at radius 2 is 2.05 bits per heavy atom. The van der Waals surface area contributed by atoms with Gasteiger partial charge in [-0.05, 0) is 49.9 Å². The number of benzene rings is 1. The molecule has 0 aliphatic heterocycles. The molecule has 0 unspecified atom stereocenters. The molecule has 0 saturated heterocycles. The predicted octanol–water partition coefficient (Wildman–Crippen LogP) is 3.47. The van der Waals surface area contributed by atoms with E-state index in [2.05, 4.69) is 5.32 Å². The average molecular weight is 305 g/mol. The van der Waals surface area contributed by atoms with Crippen LogP contribution in [-0.4, -0.2) is 32.3 Å². The van der Waals surface area contributed by atoms with Crippen LogP contribution in [0.4, 0.5) is 0 Å². The van der Waals surface area contributed by atoms with Crippen molar-refractivity contribution < 1.29 is 14.3 Å². The molecule has 4 nitrogen and oxygen atoms in total. The number of amides is 1. The molecular weight excluding hydrogens is 278 g/mol. The van der Waals surface area contributed by atoms with Crippen molar-refractivity contribution in [1.82, 2.24) is 5.32 Å². The zero-order chi connectivity index (χ0) is 15.8. The first-order valence-corrected chi connectivity index (χ1v) is 8.25. The molecule has 1 saturated carbocycles. The number of carbonyl (C=O) groups is 1. The fourth-order valence-electron chi connectivity index (χ4n) is 2.88. The SMILES string of the molecule is COc1ccc(C(=O)NCCCOC2CCCCC2)cc1C. The number of hydrogen-bond acceptors (Lipinski definition) is 3. The zero-order valence-corrected chi connectivity index (χ0v) is 13.7. The van der Waals surface area contributed by atoms with Crippen LogP contribution in [0.5, 0.6) is 5.75 Å². The summed E-state index contributed by atoms with van der Waals surface area (Å²) in [6.07, 6.45) is 7.61. The summed E-state index contributed by atoms with van der Waals surface area (Å²) in [7, 11) is 1.63. The van der Waals surface area contributed by atoms with Gasteiger partial charge in [-0.1, -0.05) is 19.3 Å². The van der Waals surface area contributed by atoms with Crippen molar-refractivity contribution in [2.24, 2.45) is 0 Å². The molecule has 1 fully saturated rings. The highest BCUT2D eigenvalue weighted by atomic mass is 16.5. The summed E-state index contributed by atoms with van der Waals surface area (Å²) in [5, 5.41) is 2.94. The van der Waals surface area contributed by atoms with Gasteiger partial charge in [0.15, 0.2) is 0 Å². The maximum atomic E-state index is 12.1. The lowest BCUT2D eigenvalue weighted by molar-refractivity contribution is 0.0273. The minimum Gasteiger partial charge on any atom is -0.496 e. The van der Waals surface area contributed by atoms with Crippen molar-refractivity contribution in [3.63, 3.8) is 0 Å². The van der Waals surface area contributed by atoms with Gasteiger partial charge in [-0.25, -0.2) is 0 Å². The molecule has 1 N–H and O–H groups in total. The lowest BCUT2D eigenvalue weighted by atomic mass is 9.98. The van der Waals surface area contributed by atoms with E-state index in [4.69, 9.17) is 9.47 Å². The van der Waals surface area contributed by atoms with Crippen molar-refractivity contribution in [3.05, 3.63) is 29.3 Å². The molecule has 0 heterocycles. The van der Waals surface area contributed by atoms with Crippen LogP contribution in [0.25, 0.3) is 0 Å². The Labute approximate surface area is 133 Å². The molecule has 1 aromatic rings. The molecule has 0 radical (unpaired) electrons. The third-order valence-corrected chi connectivity index (χ3v) is 4.17. The van der Waals surface area contributed by atoms with Gasteiger partial charge in [0, 0.05) is 18.7 Å². The van der Waals surface area contributed by atoms with Gasteiger partial charge in [-0.3, -0.25) is 4.79 Å². The topological polar surface area (TPSA) is 47.6 Å². The first-order valence-electron chi connectivity index (χ1n) is 8.25. The number of ether oxygens (including phenoxy) is 2. The Bertz CT molecular complexity index is 481. The van der Waals surface area contributed by atoms with Gasteiger partial charge in [0.1, 0.15) is 5.75 Å². The largest absolute Gasteiger partial charge is 0.496 e. The zero-order valence-electron chi connectivity index (χ0n) is 13.7. The van der Waals surface area contributed by atoms with Crippen LogP contribution in [-0.2, 0) is 4.74 Å². The Balaban J connectivity index is 1.66. The van der Waals surface area contributed by atoms with Crippen LogP contribution in [0.2, 0.25) is 0 Å². The van der Waals surface area contributed by atoms with Crippen molar-refractivity contribution in [3.8, 4) is 5.75 Å². The van der Waals surface area contributed by atoms with Gasteiger partial charge in [0.25, 0.3) is 5.91 Å². The molecule has 0 spiro atoms. The number of methoxy groups -OCH3 is 1. The molecule has 2 rings (SSSR count). The van der Waals surface area contributed by atoms with E-state index in [-0.39, 0.29) is 5.91 Å². The lowest BCUT2D eigenvalue weighted by Gasteiger charge is -2.21. The predicted molar refractivity (Wildman–Crippen MR) is 87.5 cm³/mol. The minimum atomic E-state index is -0.0385. The van der Waals surface area contributed by atoms with Crippen molar-refractivity contribution in [2.75, 3.05) is 20.3 Å². The third-order valence-electron chi connectivity index (χ3n) is 4.17. The lowest BCUT2D eigenvalue weighted by Crippen LogP contribution is -2.26. The van der Waals surface area contributed by atoms with Crippen LogP contribution in [0.3, 0.4) is 0 Å². The molecule has 4 heteroatoms. The third kappa shape index (κ3) is 5.02. The van der Waals surface area contributed by atoms with Crippen LogP contribution < -0.4 is 10.1 Å². The van der Waals surface area contributed by atoms with E-state index in [1.54, 1.807) is 13.2 Å². The minimum absolute atomic E-state index is 0.0385. The van der Waals surface area contributed by atoms with E-state index >= 15 is 0 Å². The van der Waals surface area contributed by atoms with E-state index in [0.29, 0.717) is 18.2 Å². The molecule has 22 heavy (non-hydrogen) atoms. The number of hydrogen-bond donors (Lipinski definition) is 1. The number of nitrogens with one attached hydrogen (secondary N) is 1. The standard InChI is InChI=1S/C18H27NO3/c1-14-13-15(9-10-17(14)21-2)18(20)19-11-6-12-22-16-7-4-3-5-8-16/h9-10,13,16H,3-8,11-12H2,1-2H3,(H,19,20). The highest BCUT2D eigenvalue weighted by Crippen LogP contribution is 2.20. The Morgan fingerprint density at radius 1 is 1.27 bits per heavy atom. The monoisotopic (exact) mass is 305 g/mol. The van der Waals surface area contributed by atoms with E-state index in [1.807, 2.05) is 19.1 Å². The second-order valence-electron chi connectivity index (χ2n) is 5.92. The summed E-state index contributed by atoms with van der Waals surface area (Å²) in [6.45, 7) is 3.32. The first kappa shape index (κ1) is 16.8. The summed E-state index contributed by atoms with van der Waals surface area (Å²) >= 11 is 0. The molecule has 1 aromatic carbocycles. The molecule has 122 valence electrons. The Hall–Kier alpha value is -1.55. The molecule has 0 atom stereocenters. The number of rotatable bonds is 7. The molecular formula is C18H27NO3. The smallest absolute Gasteiger partial charge is 0.251 e. The highest BCUT2D eigenvalue weighted by molar-refractivity contribution is 5.94. The van der Waals surface area contributed by atoms with Gasteiger partial charge in [-0.15, -0.1) is 0 Å². The number of carbonyl (C=O) groups excluding carboxylic acids is 1. The van der Waals surface area contributed by atoms with Gasteiger partial charge in [-0.2, -0.15) is 0 Å². The maximum absolute atomic E-state index is 12.1. The Morgan fingerprint density at radius 3 is 2.73 bits per heavy atom. The van der Waals surface area contributed by atoms with Gasteiger partial charge in [0.05, 0.1) is 13.2 Å². The summed E-state index contributed by atoms with van der Waals surface area (Å²) < 4.78 is 11.1. The van der Waals surface area contributed by atoms with E-state index in [0.717, 1.165) is 24.3 Å². The van der Waals surface area contributed by atoms with Crippen molar-refractivity contribution in [1.29, 1.82) is 0 Å². The summed E-state index contributed by atoms with van der Waals surface area (Å²) in [5.41, 5.74) is 1.64. The second kappa shape index (κ2) is 8.79. The van der Waals surface area contributed by atoms with Crippen molar-refractivity contribution in [2.45, 2.75) is 51.6 Å². The molecule has 1 aliphatic rings. The Kier molecular flexibility index (Phi) is 6.72. The second-order valence-corrected chi connectivity index (χ2v) is 5.92. The van der Waals surface area contributed by atoms with Gasteiger partial charge < -0.3 is 14.8 Å². The summed E-state index contributed by atoms with van der Waals surface area (Å²) in [4.78, 5) is 12.1. The summed E-state index contributed by atoms with van der Waals surface area (Å²) in [5.74, 6) is 0.765. The normalized spacial score (nSPS) is 15.5. The fraction of sp³-hybridized carbons (Fsp3) is 0.611. The fourth-order valence-corrected chi connectivity index (χ4v) is 2.88. The number of aryl methyl sites for hydroxylation is 1. The van der Waals surface area contributed by atoms with Gasteiger partial charge >= 0.3 is 0 Å². The van der Waals surface area contributed by atoms with Crippen LogP contribution in [0, 0.1) is 6.92 Å². The molecule has 1 amide bonds. The molecule has 0 aromatic heterocycles. The maximum Gasteiger partial charge on any atom is 0.251 e. The summed E-state index contributed by atoms with van der Waals surface area (Å²) in [6, 6.07) is 5.48. The molecule has 1 aliphatic carbocycles. The van der Waals surface area contributed by atoms with E-state index < -0.39 is 0 Å². The van der Waals surface area contributed by atoms with Crippen LogP contribution in [0.1, 0.15) is 54.4 Å². The average Bonchev–Trinajstić information content (AvgIpc) is 2.55. The van der Waals surface area contributed by atoms with E-state index in [9.17, 15) is 4.79 Å². The first-order chi connectivity index (χ1) is 10.7. The highest BCUT2D eigenvalue weighted by Gasteiger charge is 2.13. The van der Waals surface area contributed by atoms with Crippen LogP contribution >= 0.6 is 0 Å². The quantitative estimate of drug-likeness (QED) is 0.785. The van der Waals surface area contributed by atoms with E-state index in [1.165, 1.54) is 32.1 Å².